The van der Waals surface area contributed by atoms with Gasteiger partial charge in [0, 0.05) is 55.0 Å². The predicted molar refractivity (Wildman–Crippen MR) is 144 cm³/mol. The lowest BCUT2D eigenvalue weighted by Crippen LogP contribution is -2.36. The molecule has 1 aliphatic rings. The van der Waals surface area contributed by atoms with Gasteiger partial charge in [0.1, 0.15) is 12.6 Å². The van der Waals surface area contributed by atoms with Crippen molar-refractivity contribution in [3.63, 3.8) is 0 Å². The molecule has 2 aromatic heterocycles. The number of methoxy groups -OCH3 is 1. The van der Waals surface area contributed by atoms with E-state index in [0.717, 1.165) is 6.42 Å². The molecule has 0 bridgehead atoms. The Morgan fingerprint density at radius 2 is 2.10 bits per heavy atom. The van der Waals surface area contributed by atoms with E-state index in [-0.39, 0.29) is 12.0 Å². The molecule has 0 aliphatic carbocycles. The number of benzene rings is 1. The van der Waals surface area contributed by atoms with Crippen LogP contribution < -0.4 is 16.4 Å². The van der Waals surface area contributed by atoms with Gasteiger partial charge in [0.25, 0.3) is 0 Å². The highest BCUT2D eigenvalue weighted by atomic mass is 19.4. The summed E-state index contributed by atoms with van der Waals surface area (Å²) in [5, 5.41) is 8.60. The molecule has 4 N–H and O–H groups in total. The standard InChI is InChI=1S/C26H29F3N8O3/c1-16(24(38)36-7-6-21(14-36)40-2)31-11-19(10-30)18-9-23-32-13-22(37(23)34-12-18)17-4-3-5-20(8-17)35-25(39)33-15-26(27,28)29/h3-5,8-13,16,21H,6-7,14-15,30H2,1-2H3,(H2,33,35,39). The summed E-state index contributed by atoms with van der Waals surface area (Å²) in [6.07, 6.45) is 2.38. The zero-order valence-corrected chi connectivity index (χ0v) is 21.9. The van der Waals surface area contributed by atoms with Gasteiger partial charge in [0.05, 0.1) is 24.2 Å². The first kappa shape index (κ1) is 28.5. The number of allylic oxidation sites excluding steroid dienone is 1. The highest BCUT2D eigenvalue weighted by molar-refractivity contribution is 6.10. The summed E-state index contributed by atoms with van der Waals surface area (Å²) >= 11 is 0. The normalized spacial score (nSPS) is 17.0. The van der Waals surface area contributed by atoms with Gasteiger partial charge in [-0.1, -0.05) is 12.1 Å². The molecule has 14 heteroatoms. The number of carbonyl (C=O) groups excluding carboxylic acids is 2. The van der Waals surface area contributed by atoms with Gasteiger partial charge in [-0.05, 0) is 31.5 Å². The Kier molecular flexibility index (Phi) is 8.67. The van der Waals surface area contributed by atoms with E-state index >= 15 is 0 Å². The average Bonchev–Trinajstić information content (AvgIpc) is 3.59. The minimum absolute atomic E-state index is 0.0402. The van der Waals surface area contributed by atoms with Gasteiger partial charge in [-0.2, -0.15) is 18.3 Å². The molecule has 3 amide bonds. The number of likely N-dealkylation sites (tertiary alicyclic amines) is 1. The predicted octanol–water partition coefficient (Wildman–Crippen LogP) is 3.09. The summed E-state index contributed by atoms with van der Waals surface area (Å²) in [6, 6.07) is 6.72. The lowest BCUT2D eigenvalue weighted by molar-refractivity contribution is -0.131. The molecule has 3 heterocycles. The van der Waals surface area contributed by atoms with Crippen LogP contribution in [0.3, 0.4) is 0 Å². The van der Waals surface area contributed by atoms with E-state index in [4.69, 9.17) is 10.5 Å². The number of aromatic nitrogens is 3. The van der Waals surface area contributed by atoms with Gasteiger partial charge in [-0.25, -0.2) is 14.3 Å². The number of nitrogens with one attached hydrogen (secondary N) is 2. The molecule has 212 valence electrons. The van der Waals surface area contributed by atoms with Crippen molar-refractivity contribution in [1.82, 2.24) is 24.8 Å². The SMILES string of the molecule is COC1CCN(C(=O)C(C)N=CC(=CN)c2cnn3c(-c4cccc(NC(=O)NCC(F)(F)F)c4)cnc3c2)C1. The van der Waals surface area contributed by atoms with Gasteiger partial charge in [-0.3, -0.25) is 9.79 Å². The highest BCUT2D eigenvalue weighted by Gasteiger charge is 2.29. The maximum absolute atomic E-state index is 12.7. The van der Waals surface area contributed by atoms with Crippen molar-refractivity contribution < 1.29 is 27.5 Å². The van der Waals surface area contributed by atoms with E-state index in [1.807, 2.05) is 0 Å². The first-order chi connectivity index (χ1) is 19.1. The number of urea groups is 1. The number of alkyl halides is 3. The quantitative estimate of drug-likeness (QED) is 0.363. The van der Waals surface area contributed by atoms with Crippen LogP contribution in [0.5, 0.6) is 0 Å². The second kappa shape index (κ2) is 12.2. The van der Waals surface area contributed by atoms with Crippen LogP contribution in [0.15, 0.2) is 53.9 Å². The van der Waals surface area contributed by atoms with E-state index in [9.17, 15) is 22.8 Å². The second-order valence-corrected chi connectivity index (χ2v) is 9.17. The number of amides is 3. The lowest BCUT2D eigenvalue weighted by Gasteiger charge is -2.18. The number of imidazole rings is 1. The van der Waals surface area contributed by atoms with Crippen LogP contribution in [0.2, 0.25) is 0 Å². The fourth-order valence-electron chi connectivity index (χ4n) is 4.20. The number of hydrogen-bond acceptors (Lipinski definition) is 7. The Morgan fingerprint density at radius 1 is 1.30 bits per heavy atom. The maximum atomic E-state index is 12.7. The maximum Gasteiger partial charge on any atom is 0.405 e. The van der Waals surface area contributed by atoms with Crippen LogP contribution in [0.25, 0.3) is 22.5 Å². The number of fused-ring (bicyclic) bond motifs is 1. The summed E-state index contributed by atoms with van der Waals surface area (Å²) in [7, 11) is 1.63. The van der Waals surface area contributed by atoms with Gasteiger partial charge in [0.2, 0.25) is 5.91 Å². The topological polar surface area (TPSA) is 139 Å². The third kappa shape index (κ3) is 6.94. The molecule has 40 heavy (non-hydrogen) atoms. The summed E-state index contributed by atoms with van der Waals surface area (Å²) < 4.78 is 43.9. The fourth-order valence-corrected chi connectivity index (χ4v) is 4.20. The number of halogens is 3. The summed E-state index contributed by atoms with van der Waals surface area (Å²) in [6.45, 7) is 1.45. The van der Waals surface area contributed by atoms with Crippen LogP contribution in [0.4, 0.5) is 23.7 Å². The van der Waals surface area contributed by atoms with Crippen LogP contribution in [0.1, 0.15) is 18.9 Å². The molecule has 2 atom stereocenters. The Balaban J connectivity index is 1.46. The monoisotopic (exact) mass is 558 g/mol. The molecule has 0 spiro atoms. The molecule has 1 fully saturated rings. The first-order valence-electron chi connectivity index (χ1n) is 12.4. The Labute approximate surface area is 227 Å². The number of nitrogens with two attached hydrogens (primary N) is 1. The van der Waals surface area contributed by atoms with Crippen LogP contribution in [-0.2, 0) is 9.53 Å². The summed E-state index contributed by atoms with van der Waals surface area (Å²) in [4.78, 5) is 35.1. The van der Waals surface area contributed by atoms with Crippen molar-refractivity contribution in [3.05, 3.63) is 54.5 Å². The molecule has 1 saturated heterocycles. The summed E-state index contributed by atoms with van der Waals surface area (Å²) in [5.74, 6) is -0.0896. The molecule has 4 rings (SSSR count). The van der Waals surface area contributed by atoms with Crippen LogP contribution in [0, 0.1) is 0 Å². The van der Waals surface area contributed by atoms with Crippen molar-refractivity contribution >= 4 is 35.1 Å². The van der Waals surface area contributed by atoms with Crippen LogP contribution in [-0.4, -0.2) is 82.7 Å². The van der Waals surface area contributed by atoms with Crippen molar-refractivity contribution in [1.29, 1.82) is 0 Å². The molecule has 3 aromatic rings. The van der Waals surface area contributed by atoms with Gasteiger partial charge >= 0.3 is 12.2 Å². The van der Waals surface area contributed by atoms with Gasteiger partial charge in [0.15, 0.2) is 5.65 Å². The Bertz CT molecular complexity index is 1440. The number of aliphatic imine (C=N–C) groups is 1. The third-order valence-corrected chi connectivity index (χ3v) is 6.32. The molecule has 2 unspecified atom stereocenters. The van der Waals surface area contributed by atoms with Gasteiger partial charge < -0.3 is 26.0 Å². The minimum atomic E-state index is -4.51. The van der Waals surface area contributed by atoms with Crippen molar-refractivity contribution in [2.24, 2.45) is 10.7 Å². The number of carbonyl (C=O) groups is 2. The van der Waals surface area contributed by atoms with E-state index in [0.29, 0.717) is 46.8 Å². The number of hydrogen-bond donors (Lipinski definition) is 3. The molecule has 1 aliphatic heterocycles. The number of rotatable bonds is 8. The van der Waals surface area contributed by atoms with E-state index in [1.54, 1.807) is 71.5 Å². The van der Waals surface area contributed by atoms with Crippen molar-refractivity contribution in [2.75, 3.05) is 32.1 Å². The molecular formula is C26H29F3N8O3. The zero-order valence-electron chi connectivity index (χ0n) is 21.9. The molecule has 0 saturated carbocycles. The molecule has 0 radical (unpaired) electrons. The number of ether oxygens (including phenoxy) is 1. The molecular weight excluding hydrogens is 529 g/mol. The second-order valence-electron chi connectivity index (χ2n) is 9.17. The molecule has 1 aromatic carbocycles. The summed E-state index contributed by atoms with van der Waals surface area (Å²) in [5.41, 5.74) is 9.03. The number of nitrogens with zero attached hydrogens (tertiary/aromatic N) is 5. The average molecular weight is 559 g/mol. The van der Waals surface area contributed by atoms with Crippen molar-refractivity contribution in [3.8, 4) is 11.3 Å². The Hall–Kier alpha value is -4.46. The smallest absolute Gasteiger partial charge is 0.404 e. The van der Waals surface area contributed by atoms with Crippen molar-refractivity contribution in [2.45, 2.75) is 31.7 Å². The third-order valence-electron chi connectivity index (χ3n) is 6.32. The van der Waals surface area contributed by atoms with Crippen LogP contribution >= 0.6 is 0 Å². The lowest BCUT2D eigenvalue weighted by atomic mass is 10.1. The zero-order chi connectivity index (χ0) is 28.9. The largest absolute Gasteiger partial charge is 0.405 e. The van der Waals surface area contributed by atoms with E-state index < -0.39 is 24.8 Å². The van der Waals surface area contributed by atoms with E-state index in [1.165, 1.54) is 12.4 Å². The Morgan fingerprint density at radius 3 is 2.80 bits per heavy atom. The highest BCUT2D eigenvalue weighted by Crippen LogP contribution is 2.24. The fraction of sp³-hybridized carbons (Fsp3) is 0.346. The minimum Gasteiger partial charge on any atom is -0.404 e. The van der Waals surface area contributed by atoms with E-state index in [2.05, 4.69) is 20.4 Å². The molecule has 11 nitrogen and oxygen atoms in total. The van der Waals surface area contributed by atoms with Gasteiger partial charge in [-0.15, -0.1) is 0 Å². The number of anilines is 1. The first-order valence-corrected chi connectivity index (χ1v) is 12.4.